The molecule has 1 aromatic heterocycles. The fourth-order valence-corrected chi connectivity index (χ4v) is 3.72. The van der Waals surface area contributed by atoms with E-state index in [2.05, 4.69) is 61.3 Å². The van der Waals surface area contributed by atoms with Crippen molar-refractivity contribution in [3.63, 3.8) is 0 Å². The Labute approximate surface area is 144 Å². The summed E-state index contributed by atoms with van der Waals surface area (Å²) in [5, 5.41) is 0. The third-order valence-corrected chi connectivity index (χ3v) is 4.99. The minimum atomic E-state index is 0.504. The van der Waals surface area contributed by atoms with Crippen LogP contribution in [0.4, 0.5) is 0 Å². The number of rotatable bonds is 1. The van der Waals surface area contributed by atoms with Crippen molar-refractivity contribution in [3.05, 3.63) is 62.5 Å². The predicted octanol–water partition coefficient (Wildman–Crippen LogP) is 4.80. The Kier molecular flexibility index (Phi) is 3.26. The molecule has 2 aromatic carbocycles. The van der Waals surface area contributed by atoms with E-state index >= 15 is 0 Å². The van der Waals surface area contributed by atoms with Crippen LogP contribution in [-0.4, -0.2) is 9.55 Å². The van der Waals surface area contributed by atoms with Crippen molar-refractivity contribution in [2.75, 3.05) is 0 Å². The lowest BCUT2D eigenvalue weighted by Crippen LogP contribution is -2.13. The molecule has 1 aliphatic heterocycles. The van der Waals surface area contributed by atoms with Gasteiger partial charge in [0.2, 0.25) is 0 Å². The molecule has 21 heavy (non-hydrogen) atoms. The van der Waals surface area contributed by atoms with Crippen LogP contribution in [0.1, 0.15) is 5.82 Å². The van der Waals surface area contributed by atoms with E-state index < -0.39 is 0 Å². The minimum Gasteiger partial charge on any atom is -0.483 e. The summed E-state index contributed by atoms with van der Waals surface area (Å²) in [5.74, 6) is 1.85. The molecule has 0 spiro atoms. The summed E-state index contributed by atoms with van der Waals surface area (Å²) in [5.41, 5.74) is 3.17. The minimum absolute atomic E-state index is 0.504. The van der Waals surface area contributed by atoms with Gasteiger partial charge in [-0.25, -0.2) is 4.98 Å². The Morgan fingerprint density at radius 1 is 1.10 bits per heavy atom. The number of para-hydroxylation sites is 2. The van der Waals surface area contributed by atoms with Crippen LogP contribution < -0.4 is 4.74 Å². The summed E-state index contributed by atoms with van der Waals surface area (Å²) < 4.78 is 10.1. The van der Waals surface area contributed by atoms with Gasteiger partial charge >= 0.3 is 0 Å². The van der Waals surface area contributed by atoms with Crippen molar-refractivity contribution in [3.8, 4) is 22.7 Å². The molecule has 3 aromatic rings. The Bertz CT molecular complexity index is 827. The number of fused-ring (bicyclic) bond motifs is 3. The van der Waals surface area contributed by atoms with E-state index in [0.717, 1.165) is 36.7 Å². The highest BCUT2D eigenvalue weighted by atomic mass is 127. The highest BCUT2D eigenvalue weighted by Gasteiger charge is 2.23. The first-order chi connectivity index (χ1) is 10.2. The van der Waals surface area contributed by atoms with E-state index in [1.54, 1.807) is 0 Å². The van der Waals surface area contributed by atoms with E-state index in [-0.39, 0.29) is 0 Å². The van der Waals surface area contributed by atoms with E-state index in [1.807, 2.05) is 30.3 Å². The third kappa shape index (κ3) is 2.19. The zero-order valence-electron chi connectivity index (χ0n) is 10.9. The second-order valence-corrected chi connectivity index (χ2v) is 6.70. The summed E-state index contributed by atoms with van der Waals surface area (Å²) in [7, 11) is 0. The largest absolute Gasteiger partial charge is 0.483 e. The fraction of sp³-hybridized carbons (Fsp3) is 0.0625. The second-order valence-electron chi connectivity index (χ2n) is 4.77. The molecule has 0 saturated carbocycles. The van der Waals surface area contributed by atoms with Crippen molar-refractivity contribution in [1.82, 2.24) is 9.55 Å². The first-order valence-corrected chi connectivity index (χ1v) is 8.36. The molecule has 2 heterocycles. The van der Waals surface area contributed by atoms with E-state index in [1.165, 1.54) is 0 Å². The lowest BCUT2D eigenvalue weighted by atomic mass is 10.2. The van der Waals surface area contributed by atoms with Gasteiger partial charge < -0.3 is 4.74 Å². The SMILES string of the molecule is Brc1ccc(-c2nc3n(c2I)-c2ccccc2OC3)cc1. The number of imidazole rings is 1. The van der Waals surface area contributed by atoms with Crippen LogP contribution in [0.15, 0.2) is 53.0 Å². The monoisotopic (exact) mass is 452 g/mol. The van der Waals surface area contributed by atoms with Crippen LogP contribution >= 0.6 is 38.5 Å². The van der Waals surface area contributed by atoms with Crippen LogP contribution in [0, 0.1) is 3.70 Å². The van der Waals surface area contributed by atoms with Gasteiger partial charge in [0.1, 0.15) is 21.8 Å². The summed E-state index contributed by atoms with van der Waals surface area (Å²) in [6.45, 7) is 0.504. The molecule has 0 unspecified atom stereocenters. The van der Waals surface area contributed by atoms with Gasteiger partial charge in [-0.05, 0) is 46.9 Å². The first-order valence-electron chi connectivity index (χ1n) is 6.49. The maximum Gasteiger partial charge on any atom is 0.153 e. The van der Waals surface area contributed by atoms with Gasteiger partial charge in [0.25, 0.3) is 0 Å². The molecule has 0 aliphatic carbocycles. The Morgan fingerprint density at radius 2 is 1.86 bits per heavy atom. The number of aromatic nitrogens is 2. The van der Waals surface area contributed by atoms with E-state index in [0.29, 0.717) is 6.61 Å². The average Bonchev–Trinajstić information content (AvgIpc) is 2.86. The van der Waals surface area contributed by atoms with Crippen LogP contribution in [0.5, 0.6) is 5.75 Å². The summed E-state index contributed by atoms with van der Waals surface area (Å²) >= 11 is 5.83. The molecule has 1 aliphatic rings. The Morgan fingerprint density at radius 3 is 2.67 bits per heavy atom. The molecule has 3 nitrogen and oxygen atoms in total. The molecule has 0 saturated heterocycles. The molecule has 0 bridgehead atoms. The maximum absolute atomic E-state index is 5.78. The number of nitrogens with zero attached hydrogens (tertiary/aromatic N) is 2. The van der Waals surface area contributed by atoms with Gasteiger partial charge in [0, 0.05) is 10.0 Å². The van der Waals surface area contributed by atoms with Gasteiger partial charge in [0.15, 0.2) is 5.82 Å². The average molecular weight is 453 g/mol. The van der Waals surface area contributed by atoms with E-state index in [4.69, 9.17) is 9.72 Å². The zero-order valence-corrected chi connectivity index (χ0v) is 14.6. The van der Waals surface area contributed by atoms with Crippen molar-refractivity contribution < 1.29 is 4.74 Å². The van der Waals surface area contributed by atoms with E-state index in [9.17, 15) is 0 Å². The number of halogens is 2. The molecule has 4 rings (SSSR count). The molecule has 0 radical (unpaired) electrons. The number of hydrogen-bond acceptors (Lipinski definition) is 2. The van der Waals surface area contributed by atoms with Crippen molar-refractivity contribution in [1.29, 1.82) is 0 Å². The first kappa shape index (κ1) is 13.3. The lowest BCUT2D eigenvalue weighted by molar-refractivity contribution is 0.279. The Hall–Kier alpha value is -1.34. The van der Waals surface area contributed by atoms with Crippen LogP contribution in [0.3, 0.4) is 0 Å². The van der Waals surface area contributed by atoms with Crippen molar-refractivity contribution in [2.45, 2.75) is 6.61 Å². The standard InChI is InChI=1S/C16H10BrIN2O/c17-11-7-5-10(6-8-11)15-16(18)20-12-3-1-2-4-13(12)21-9-14(20)19-15/h1-8H,9H2. The third-order valence-electron chi connectivity index (χ3n) is 3.47. The van der Waals surface area contributed by atoms with Crippen molar-refractivity contribution in [2.24, 2.45) is 0 Å². The summed E-state index contributed by atoms with van der Waals surface area (Å²) in [4.78, 5) is 4.76. The van der Waals surface area contributed by atoms with Crippen molar-refractivity contribution >= 4 is 38.5 Å². The van der Waals surface area contributed by atoms with Crippen LogP contribution in [0.25, 0.3) is 16.9 Å². The number of benzene rings is 2. The zero-order chi connectivity index (χ0) is 14.4. The van der Waals surface area contributed by atoms with Gasteiger partial charge in [-0.3, -0.25) is 4.57 Å². The quantitative estimate of drug-likeness (QED) is 0.496. The molecule has 0 N–H and O–H groups in total. The van der Waals surface area contributed by atoms with Gasteiger partial charge in [0.05, 0.1) is 5.69 Å². The fourth-order valence-electron chi connectivity index (χ4n) is 2.48. The molecule has 104 valence electrons. The lowest BCUT2D eigenvalue weighted by Gasteiger charge is -2.19. The van der Waals surface area contributed by atoms with Crippen LogP contribution in [0.2, 0.25) is 0 Å². The van der Waals surface area contributed by atoms with Gasteiger partial charge in [-0.2, -0.15) is 0 Å². The molecule has 0 atom stereocenters. The topological polar surface area (TPSA) is 27.1 Å². The highest BCUT2D eigenvalue weighted by molar-refractivity contribution is 14.1. The molecular weight excluding hydrogens is 443 g/mol. The second kappa shape index (κ2) is 5.14. The van der Waals surface area contributed by atoms with Crippen LogP contribution in [-0.2, 0) is 6.61 Å². The summed E-state index contributed by atoms with van der Waals surface area (Å²) in [6, 6.07) is 16.3. The predicted molar refractivity (Wildman–Crippen MR) is 93.7 cm³/mol. The number of ether oxygens (including phenoxy) is 1. The summed E-state index contributed by atoms with van der Waals surface area (Å²) in [6.07, 6.45) is 0. The molecule has 0 fully saturated rings. The smallest absolute Gasteiger partial charge is 0.153 e. The normalized spacial score (nSPS) is 12.5. The Balaban J connectivity index is 1.91. The molecule has 5 heteroatoms. The molecular formula is C16H10BrIN2O. The maximum atomic E-state index is 5.78. The van der Waals surface area contributed by atoms with Gasteiger partial charge in [-0.1, -0.05) is 40.2 Å². The molecule has 0 amide bonds. The number of hydrogen-bond donors (Lipinski definition) is 0. The highest BCUT2D eigenvalue weighted by Crippen LogP contribution is 2.35. The van der Waals surface area contributed by atoms with Gasteiger partial charge in [-0.15, -0.1) is 0 Å².